The molecule has 2 atom stereocenters. The summed E-state index contributed by atoms with van der Waals surface area (Å²) in [5, 5.41) is 6.05. The molecule has 0 aromatic rings. The second kappa shape index (κ2) is 7.13. The van der Waals surface area contributed by atoms with Crippen molar-refractivity contribution in [3.05, 3.63) is 0 Å². The number of esters is 1. The maximum absolute atomic E-state index is 13.5. The van der Waals surface area contributed by atoms with Gasteiger partial charge in [-0.1, -0.05) is 19.8 Å². The number of hydrogen-bond acceptors (Lipinski definition) is 5. The molecule has 5 saturated carbocycles. The molecule has 154 valence electrons. The highest BCUT2D eigenvalue weighted by atomic mass is 32.2. The molecule has 0 saturated heterocycles. The fraction of sp³-hybridized carbons (Fsp3) is 0.950. The van der Waals surface area contributed by atoms with Crippen molar-refractivity contribution in [1.82, 2.24) is 0 Å². The van der Waals surface area contributed by atoms with E-state index in [0.717, 1.165) is 31.1 Å². The second-order valence-corrected chi connectivity index (χ2v) is 10.8. The molecule has 5 fully saturated rings. The topological polar surface area (TPSA) is 58.6 Å². The first-order chi connectivity index (χ1) is 12.8. The molecule has 0 spiro atoms. The Labute approximate surface area is 163 Å². The Hall–Kier alpha value is -0.400. The minimum Gasteiger partial charge on any atom is -0.710 e. The second-order valence-electron chi connectivity index (χ2n) is 10.0. The van der Waals surface area contributed by atoms with Crippen LogP contribution in [0.1, 0.15) is 71.1 Å². The molecule has 0 radical (unpaired) electrons. The van der Waals surface area contributed by atoms with Gasteiger partial charge in [-0.2, -0.15) is 8.78 Å². The predicted molar refractivity (Wildman–Crippen MR) is 95.3 cm³/mol. The van der Waals surface area contributed by atoms with E-state index in [4.69, 9.17) is 4.74 Å². The maximum Gasteiger partial charge on any atom is 0.412 e. The summed E-state index contributed by atoms with van der Waals surface area (Å²) in [6.45, 7) is 2.39. The first-order valence-electron chi connectivity index (χ1n) is 10.3. The van der Waals surface area contributed by atoms with Crippen molar-refractivity contribution in [3.63, 3.8) is 0 Å². The molecular formula is C20H29F2O4S-. The SMILES string of the molecule is CC1CCC(C23CC4CC(CC(COC(=O)C(F)(F)SO[O-])(C4)C2)C3)CC1. The van der Waals surface area contributed by atoms with E-state index in [2.05, 4.69) is 11.3 Å². The average Bonchev–Trinajstić information content (AvgIpc) is 2.59. The van der Waals surface area contributed by atoms with E-state index in [0.29, 0.717) is 17.3 Å². The van der Waals surface area contributed by atoms with Crippen LogP contribution in [0.15, 0.2) is 0 Å². The highest BCUT2D eigenvalue weighted by molar-refractivity contribution is 7.96. The summed E-state index contributed by atoms with van der Waals surface area (Å²) in [7, 11) is 0. The minimum absolute atomic E-state index is 0.0543. The maximum atomic E-state index is 13.5. The van der Waals surface area contributed by atoms with E-state index >= 15 is 0 Å². The van der Waals surface area contributed by atoms with Crippen LogP contribution in [0.3, 0.4) is 0 Å². The van der Waals surface area contributed by atoms with Crippen molar-refractivity contribution >= 4 is 18.0 Å². The number of rotatable bonds is 6. The number of carbonyl (C=O) groups is 1. The van der Waals surface area contributed by atoms with Crippen molar-refractivity contribution in [3.8, 4) is 0 Å². The van der Waals surface area contributed by atoms with Crippen LogP contribution >= 0.6 is 12.0 Å². The van der Waals surface area contributed by atoms with E-state index < -0.39 is 23.3 Å². The first-order valence-corrected chi connectivity index (χ1v) is 11.0. The summed E-state index contributed by atoms with van der Waals surface area (Å²) >= 11 is -0.683. The van der Waals surface area contributed by atoms with Crippen molar-refractivity contribution in [2.45, 2.75) is 76.4 Å². The summed E-state index contributed by atoms with van der Waals surface area (Å²) in [6, 6.07) is 0. The molecule has 0 N–H and O–H groups in total. The highest BCUT2D eigenvalue weighted by Crippen LogP contribution is 2.69. The molecule has 2 unspecified atom stereocenters. The Morgan fingerprint density at radius 3 is 2.37 bits per heavy atom. The lowest BCUT2D eigenvalue weighted by Crippen LogP contribution is -2.56. The zero-order chi connectivity index (χ0) is 19.3. The van der Waals surface area contributed by atoms with Crippen molar-refractivity contribution in [1.29, 1.82) is 0 Å². The third-order valence-electron chi connectivity index (χ3n) is 8.00. The van der Waals surface area contributed by atoms with Gasteiger partial charge >= 0.3 is 11.2 Å². The van der Waals surface area contributed by atoms with Gasteiger partial charge in [-0.05, 0) is 80.5 Å². The lowest BCUT2D eigenvalue weighted by atomic mass is 9.41. The van der Waals surface area contributed by atoms with E-state index in [1.807, 2.05) is 0 Å². The van der Waals surface area contributed by atoms with Gasteiger partial charge in [0.15, 0.2) is 0 Å². The fourth-order valence-corrected chi connectivity index (χ4v) is 7.64. The molecule has 0 heterocycles. The van der Waals surface area contributed by atoms with Gasteiger partial charge in [0.2, 0.25) is 0 Å². The number of ether oxygens (including phenoxy) is 1. The molecule has 0 amide bonds. The normalized spacial score (nSPS) is 43.7. The van der Waals surface area contributed by atoms with Gasteiger partial charge < -0.3 is 14.3 Å². The predicted octanol–water partition coefficient (Wildman–Crippen LogP) is 4.48. The Bertz CT molecular complexity index is 562. The molecule has 7 heteroatoms. The zero-order valence-corrected chi connectivity index (χ0v) is 16.7. The standard InChI is InChI=1S/C20H30F2O4S/c1-13-2-4-16(5-3-13)19-9-14-6-15(10-19)8-18(7-14,11-19)12-25-17(23)20(21,22)27-26-24/h13-16,24H,2-12H2,1H3/p-1. The van der Waals surface area contributed by atoms with Crippen LogP contribution < -0.4 is 5.26 Å². The Kier molecular flexibility index (Phi) is 5.26. The summed E-state index contributed by atoms with van der Waals surface area (Å²) in [6.07, 6.45) is 11.9. The number of alkyl halides is 2. The Balaban J connectivity index is 1.46. The molecule has 0 aromatic heterocycles. The zero-order valence-electron chi connectivity index (χ0n) is 15.9. The molecule has 0 aliphatic heterocycles. The summed E-state index contributed by atoms with van der Waals surface area (Å²) in [5.74, 6) is 1.18. The van der Waals surface area contributed by atoms with E-state index in [9.17, 15) is 18.8 Å². The van der Waals surface area contributed by atoms with Gasteiger partial charge in [0.1, 0.15) is 0 Å². The molecular weight excluding hydrogens is 374 g/mol. The van der Waals surface area contributed by atoms with Gasteiger partial charge in [-0.3, -0.25) is 0 Å². The summed E-state index contributed by atoms with van der Waals surface area (Å²) in [4.78, 5) is 11.8. The van der Waals surface area contributed by atoms with Crippen LogP contribution in [0.2, 0.25) is 0 Å². The van der Waals surface area contributed by atoms with Crippen LogP contribution in [0.5, 0.6) is 0 Å². The van der Waals surface area contributed by atoms with Crippen molar-refractivity contribution in [2.75, 3.05) is 6.61 Å². The van der Waals surface area contributed by atoms with Gasteiger partial charge in [-0.25, -0.2) is 4.79 Å². The van der Waals surface area contributed by atoms with E-state index in [1.165, 1.54) is 44.9 Å². The number of hydrogen-bond donors (Lipinski definition) is 0. The van der Waals surface area contributed by atoms with Gasteiger partial charge in [0.25, 0.3) is 0 Å². The van der Waals surface area contributed by atoms with Crippen molar-refractivity contribution in [2.24, 2.45) is 34.5 Å². The van der Waals surface area contributed by atoms with E-state index in [-0.39, 0.29) is 12.0 Å². The van der Waals surface area contributed by atoms with Crippen LogP contribution in [0.25, 0.3) is 0 Å². The largest absolute Gasteiger partial charge is 0.710 e. The lowest BCUT2D eigenvalue weighted by molar-refractivity contribution is -0.630. The first kappa shape index (κ1) is 19.9. The summed E-state index contributed by atoms with van der Waals surface area (Å²) < 4.78 is 35.3. The molecule has 5 rings (SSSR count). The van der Waals surface area contributed by atoms with Gasteiger partial charge in [-0.15, -0.1) is 0 Å². The van der Waals surface area contributed by atoms with Crippen LogP contribution in [0.4, 0.5) is 8.78 Å². The Morgan fingerprint density at radius 2 is 1.78 bits per heavy atom. The number of halogens is 2. The fourth-order valence-electron chi connectivity index (χ4n) is 7.42. The average molecular weight is 404 g/mol. The third kappa shape index (κ3) is 3.76. The monoisotopic (exact) mass is 403 g/mol. The Morgan fingerprint density at radius 1 is 1.15 bits per heavy atom. The third-order valence-corrected chi connectivity index (χ3v) is 8.44. The molecule has 27 heavy (non-hydrogen) atoms. The van der Waals surface area contributed by atoms with E-state index in [1.54, 1.807) is 0 Å². The molecule has 4 nitrogen and oxygen atoms in total. The minimum atomic E-state index is -3.94. The highest BCUT2D eigenvalue weighted by Gasteiger charge is 2.60. The molecule has 0 aromatic carbocycles. The van der Waals surface area contributed by atoms with Gasteiger partial charge in [0, 0.05) is 5.41 Å². The molecule has 4 bridgehead atoms. The van der Waals surface area contributed by atoms with Crippen LogP contribution in [0, 0.1) is 34.5 Å². The van der Waals surface area contributed by atoms with Gasteiger partial charge in [0.05, 0.1) is 18.6 Å². The summed E-state index contributed by atoms with van der Waals surface area (Å²) in [5.41, 5.74) is 0.175. The van der Waals surface area contributed by atoms with Crippen LogP contribution in [-0.2, 0) is 13.9 Å². The van der Waals surface area contributed by atoms with Crippen molar-refractivity contribution < 1.29 is 27.9 Å². The quantitative estimate of drug-likeness (QED) is 0.283. The molecule has 5 aliphatic rings. The van der Waals surface area contributed by atoms with Crippen LogP contribution in [-0.4, -0.2) is 17.8 Å². The molecule has 5 aliphatic carbocycles. The smallest absolute Gasteiger partial charge is 0.412 e. The lowest BCUT2D eigenvalue weighted by Gasteiger charge is -2.64. The number of carbonyl (C=O) groups excluding carboxylic acids is 1.